The Kier molecular flexibility index (Phi) is 6.42. The zero-order chi connectivity index (χ0) is 18.4. The van der Waals surface area contributed by atoms with Crippen LogP contribution in [0, 0.1) is 5.41 Å². The van der Waals surface area contributed by atoms with Crippen molar-refractivity contribution in [3.8, 4) is 0 Å². The summed E-state index contributed by atoms with van der Waals surface area (Å²) < 4.78 is 10.9. The largest absolute Gasteiger partial charge is 0.480 e. The Morgan fingerprint density at radius 1 is 1.24 bits per heavy atom. The predicted octanol–water partition coefficient (Wildman–Crippen LogP) is 3.30. The highest BCUT2D eigenvalue weighted by atomic mass is 16.6. The first kappa shape index (κ1) is 19.2. The van der Waals surface area contributed by atoms with E-state index in [2.05, 4.69) is 20.8 Å². The first-order chi connectivity index (χ1) is 11.8. The maximum absolute atomic E-state index is 12.6. The van der Waals surface area contributed by atoms with Gasteiger partial charge in [-0.2, -0.15) is 0 Å². The van der Waals surface area contributed by atoms with Gasteiger partial charge in [-0.05, 0) is 23.8 Å². The monoisotopic (exact) mass is 349 g/mol. The normalized spacial score (nSPS) is 21.0. The minimum Gasteiger partial charge on any atom is -0.480 e. The van der Waals surface area contributed by atoms with Crippen molar-refractivity contribution in [2.45, 2.75) is 52.4 Å². The fourth-order valence-electron chi connectivity index (χ4n) is 3.12. The number of ether oxygens (including phenoxy) is 2. The SMILES string of the molecule is CC(C)(C)C1CC(OCC(=O)O)CCN1C(=O)OCc1ccccc1. The lowest BCUT2D eigenvalue weighted by Crippen LogP contribution is -2.53. The molecular formula is C19H27NO5. The van der Waals surface area contributed by atoms with Crippen molar-refractivity contribution in [1.29, 1.82) is 0 Å². The lowest BCUT2D eigenvalue weighted by Gasteiger charge is -2.45. The van der Waals surface area contributed by atoms with E-state index in [-0.39, 0.29) is 36.9 Å². The first-order valence-electron chi connectivity index (χ1n) is 8.58. The van der Waals surface area contributed by atoms with Gasteiger partial charge in [0.1, 0.15) is 13.2 Å². The molecule has 138 valence electrons. The van der Waals surface area contributed by atoms with Crippen LogP contribution in [0.3, 0.4) is 0 Å². The van der Waals surface area contributed by atoms with Crippen LogP contribution in [0.4, 0.5) is 4.79 Å². The highest BCUT2D eigenvalue weighted by Gasteiger charge is 2.39. The number of hydrogen-bond donors (Lipinski definition) is 1. The molecule has 0 bridgehead atoms. The number of rotatable bonds is 5. The van der Waals surface area contributed by atoms with E-state index < -0.39 is 5.97 Å². The number of likely N-dealkylation sites (tertiary alicyclic amines) is 1. The molecule has 1 heterocycles. The lowest BCUT2D eigenvalue weighted by molar-refractivity contribution is -0.146. The predicted molar refractivity (Wildman–Crippen MR) is 93.2 cm³/mol. The van der Waals surface area contributed by atoms with Gasteiger partial charge in [-0.1, -0.05) is 51.1 Å². The van der Waals surface area contributed by atoms with Gasteiger partial charge in [0.15, 0.2) is 0 Å². The van der Waals surface area contributed by atoms with Crippen LogP contribution in [0.15, 0.2) is 30.3 Å². The van der Waals surface area contributed by atoms with Gasteiger partial charge in [-0.25, -0.2) is 9.59 Å². The average Bonchev–Trinajstić information content (AvgIpc) is 2.57. The van der Waals surface area contributed by atoms with Crippen molar-refractivity contribution >= 4 is 12.1 Å². The van der Waals surface area contributed by atoms with Gasteiger partial charge in [-0.3, -0.25) is 0 Å². The average molecular weight is 349 g/mol. The molecule has 1 N–H and O–H groups in total. The second-order valence-corrected chi connectivity index (χ2v) is 7.47. The third-order valence-electron chi connectivity index (χ3n) is 4.44. The third-order valence-corrected chi connectivity index (χ3v) is 4.44. The molecule has 1 saturated heterocycles. The quantitative estimate of drug-likeness (QED) is 0.882. The first-order valence-corrected chi connectivity index (χ1v) is 8.58. The van der Waals surface area contributed by atoms with Crippen molar-refractivity contribution in [2.75, 3.05) is 13.2 Å². The fourth-order valence-corrected chi connectivity index (χ4v) is 3.12. The van der Waals surface area contributed by atoms with Crippen molar-refractivity contribution in [3.63, 3.8) is 0 Å². The zero-order valence-electron chi connectivity index (χ0n) is 15.1. The Labute approximate surface area is 148 Å². The summed E-state index contributed by atoms with van der Waals surface area (Å²) in [5.74, 6) is -0.975. The number of aliphatic carboxylic acids is 1. The van der Waals surface area contributed by atoms with Crippen LogP contribution in [0.25, 0.3) is 0 Å². The van der Waals surface area contributed by atoms with Crippen molar-refractivity contribution in [1.82, 2.24) is 4.90 Å². The van der Waals surface area contributed by atoms with Crippen LogP contribution < -0.4 is 0 Å². The third kappa shape index (κ3) is 5.74. The Morgan fingerprint density at radius 3 is 2.52 bits per heavy atom. The molecule has 2 atom stereocenters. The number of hydrogen-bond acceptors (Lipinski definition) is 4. The number of carbonyl (C=O) groups excluding carboxylic acids is 1. The van der Waals surface area contributed by atoms with E-state index in [1.54, 1.807) is 4.90 Å². The maximum Gasteiger partial charge on any atom is 0.410 e. The Balaban J connectivity index is 1.97. The molecule has 1 amide bonds. The van der Waals surface area contributed by atoms with E-state index >= 15 is 0 Å². The Bertz CT molecular complexity index is 581. The molecule has 0 aromatic heterocycles. The topological polar surface area (TPSA) is 76.1 Å². The molecule has 1 aromatic carbocycles. The second kappa shape index (κ2) is 8.34. The summed E-state index contributed by atoms with van der Waals surface area (Å²) in [4.78, 5) is 25.0. The Morgan fingerprint density at radius 2 is 1.92 bits per heavy atom. The van der Waals surface area contributed by atoms with Crippen molar-refractivity contribution in [2.24, 2.45) is 5.41 Å². The molecule has 2 unspecified atom stereocenters. The highest BCUT2D eigenvalue weighted by Crippen LogP contribution is 2.33. The van der Waals surface area contributed by atoms with Crippen LogP contribution >= 0.6 is 0 Å². The molecule has 1 aromatic rings. The maximum atomic E-state index is 12.6. The number of nitrogens with zero attached hydrogens (tertiary/aromatic N) is 1. The summed E-state index contributed by atoms with van der Waals surface area (Å²) in [6.07, 6.45) is 0.733. The summed E-state index contributed by atoms with van der Waals surface area (Å²) in [7, 11) is 0. The summed E-state index contributed by atoms with van der Waals surface area (Å²) in [6, 6.07) is 9.51. The van der Waals surface area contributed by atoms with E-state index in [9.17, 15) is 9.59 Å². The number of carbonyl (C=O) groups is 2. The van der Waals surface area contributed by atoms with Crippen LogP contribution in [-0.4, -0.2) is 47.4 Å². The fraction of sp³-hybridized carbons (Fsp3) is 0.579. The summed E-state index contributed by atoms with van der Waals surface area (Å²) >= 11 is 0. The van der Waals surface area contributed by atoms with Gasteiger partial charge in [0, 0.05) is 12.6 Å². The van der Waals surface area contributed by atoms with Crippen LogP contribution in [0.1, 0.15) is 39.2 Å². The van der Waals surface area contributed by atoms with Gasteiger partial charge in [0.25, 0.3) is 0 Å². The van der Waals surface area contributed by atoms with Crippen molar-refractivity contribution in [3.05, 3.63) is 35.9 Å². The standard InChI is InChI=1S/C19H27NO5/c1-19(2,3)16-11-15(24-13-17(21)22)9-10-20(16)18(23)25-12-14-7-5-4-6-8-14/h4-8,15-16H,9-13H2,1-3H3,(H,21,22). The summed E-state index contributed by atoms with van der Waals surface area (Å²) in [6.45, 7) is 6.63. The van der Waals surface area contributed by atoms with Crippen LogP contribution in [0.5, 0.6) is 0 Å². The number of carboxylic acids is 1. The van der Waals surface area contributed by atoms with E-state index in [0.717, 1.165) is 5.56 Å². The van der Waals surface area contributed by atoms with Gasteiger partial charge < -0.3 is 19.5 Å². The van der Waals surface area contributed by atoms with E-state index in [1.165, 1.54) is 0 Å². The number of amides is 1. The van der Waals surface area contributed by atoms with Crippen LogP contribution in [-0.2, 0) is 20.9 Å². The van der Waals surface area contributed by atoms with E-state index in [1.807, 2.05) is 30.3 Å². The molecule has 1 fully saturated rings. The minimum absolute atomic E-state index is 0.0664. The molecule has 0 saturated carbocycles. The molecule has 2 rings (SSSR count). The smallest absolute Gasteiger partial charge is 0.410 e. The van der Waals surface area contributed by atoms with Gasteiger partial charge >= 0.3 is 12.1 Å². The molecular weight excluding hydrogens is 322 g/mol. The highest BCUT2D eigenvalue weighted by molar-refractivity contribution is 5.68. The molecule has 6 heteroatoms. The Hall–Kier alpha value is -2.08. The van der Waals surface area contributed by atoms with Gasteiger partial charge in [0.05, 0.1) is 6.10 Å². The van der Waals surface area contributed by atoms with Crippen LogP contribution in [0.2, 0.25) is 0 Å². The molecule has 0 aliphatic carbocycles. The van der Waals surface area contributed by atoms with Crippen molar-refractivity contribution < 1.29 is 24.2 Å². The van der Waals surface area contributed by atoms with E-state index in [4.69, 9.17) is 14.6 Å². The van der Waals surface area contributed by atoms with Gasteiger partial charge in [-0.15, -0.1) is 0 Å². The van der Waals surface area contributed by atoms with Gasteiger partial charge in [0.2, 0.25) is 0 Å². The minimum atomic E-state index is -0.975. The molecule has 25 heavy (non-hydrogen) atoms. The zero-order valence-corrected chi connectivity index (χ0v) is 15.1. The number of benzene rings is 1. The van der Waals surface area contributed by atoms with E-state index in [0.29, 0.717) is 19.4 Å². The summed E-state index contributed by atoms with van der Waals surface area (Å²) in [5.41, 5.74) is 0.791. The summed E-state index contributed by atoms with van der Waals surface area (Å²) in [5, 5.41) is 8.78. The molecule has 1 aliphatic heterocycles. The molecule has 6 nitrogen and oxygen atoms in total. The molecule has 0 radical (unpaired) electrons. The molecule has 0 spiro atoms. The number of piperidine rings is 1. The lowest BCUT2D eigenvalue weighted by atomic mass is 9.80. The number of carboxylic acid groups (broad SMARTS) is 1. The molecule has 1 aliphatic rings. The second-order valence-electron chi connectivity index (χ2n) is 7.47.